The van der Waals surface area contributed by atoms with Gasteiger partial charge in [0.1, 0.15) is 5.15 Å². The minimum atomic E-state index is -3.68. The Bertz CT molecular complexity index is 761. The highest BCUT2D eigenvalue weighted by molar-refractivity contribution is 7.92. The summed E-state index contributed by atoms with van der Waals surface area (Å²) in [5.74, 6) is 0. The molecule has 0 fully saturated rings. The molecule has 0 bridgehead atoms. The summed E-state index contributed by atoms with van der Waals surface area (Å²) in [6, 6.07) is 8.09. The smallest absolute Gasteiger partial charge is 0.262 e. The van der Waals surface area contributed by atoms with E-state index in [0.29, 0.717) is 5.69 Å². The molecule has 2 aromatic rings. The van der Waals surface area contributed by atoms with E-state index >= 15 is 0 Å². The molecule has 2 rings (SSSR count). The lowest BCUT2D eigenvalue weighted by Gasteiger charge is -2.17. The van der Waals surface area contributed by atoms with E-state index in [-0.39, 0.29) is 10.0 Å². The van der Waals surface area contributed by atoms with E-state index in [1.165, 1.54) is 18.3 Å². The van der Waals surface area contributed by atoms with E-state index in [4.69, 9.17) is 11.6 Å². The number of halogens is 1. The summed E-state index contributed by atoms with van der Waals surface area (Å²) in [6.45, 7) is 1.97. The summed E-state index contributed by atoms with van der Waals surface area (Å²) >= 11 is 5.73. The highest BCUT2D eigenvalue weighted by atomic mass is 35.5. The van der Waals surface area contributed by atoms with Crippen molar-refractivity contribution in [1.29, 1.82) is 0 Å². The Morgan fingerprint density at radius 1 is 1.19 bits per heavy atom. The van der Waals surface area contributed by atoms with Crippen molar-refractivity contribution in [2.45, 2.75) is 11.8 Å². The van der Waals surface area contributed by atoms with Crippen LogP contribution in [0.4, 0.5) is 11.4 Å². The summed E-state index contributed by atoms with van der Waals surface area (Å²) in [6.07, 6.45) is 1.36. The topological polar surface area (TPSA) is 62.3 Å². The van der Waals surface area contributed by atoms with Crippen LogP contribution < -0.4 is 9.62 Å². The lowest BCUT2D eigenvalue weighted by atomic mass is 10.2. The molecular weight excluding hydrogens is 310 g/mol. The van der Waals surface area contributed by atoms with Crippen molar-refractivity contribution in [1.82, 2.24) is 4.98 Å². The number of anilines is 2. The fourth-order valence-corrected chi connectivity index (χ4v) is 3.22. The molecule has 1 heterocycles. The molecule has 0 aliphatic heterocycles. The standard InChI is InChI=1S/C14H16ClN3O2S/c1-10-4-5-11(8-13(10)18(2)3)17-21(19,20)12-6-7-16-14(15)9-12/h4-9,17H,1-3H3. The van der Waals surface area contributed by atoms with Gasteiger partial charge in [0, 0.05) is 26.0 Å². The number of hydrogen-bond acceptors (Lipinski definition) is 4. The minimum absolute atomic E-state index is 0.0782. The van der Waals surface area contributed by atoms with Gasteiger partial charge in [0.15, 0.2) is 0 Å². The summed E-state index contributed by atoms with van der Waals surface area (Å²) in [5.41, 5.74) is 2.51. The maximum atomic E-state index is 12.3. The van der Waals surface area contributed by atoms with Gasteiger partial charge in [-0.05, 0) is 36.8 Å². The number of aryl methyl sites for hydroxylation is 1. The van der Waals surface area contributed by atoms with Gasteiger partial charge < -0.3 is 4.90 Å². The molecule has 1 aromatic heterocycles. The maximum absolute atomic E-state index is 12.3. The number of hydrogen-bond donors (Lipinski definition) is 1. The number of rotatable bonds is 4. The SMILES string of the molecule is Cc1ccc(NS(=O)(=O)c2ccnc(Cl)c2)cc1N(C)C. The van der Waals surface area contributed by atoms with Crippen molar-refractivity contribution in [3.8, 4) is 0 Å². The van der Waals surface area contributed by atoms with Crippen molar-refractivity contribution in [2.75, 3.05) is 23.7 Å². The van der Waals surface area contributed by atoms with Gasteiger partial charge in [-0.2, -0.15) is 0 Å². The zero-order valence-electron chi connectivity index (χ0n) is 12.0. The first-order valence-corrected chi connectivity index (χ1v) is 8.08. The quantitative estimate of drug-likeness (QED) is 0.878. The molecule has 0 saturated heterocycles. The van der Waals surface area contributed by atoms with Crippen molar-refractivity contribution in [3.05, 3.63) is 47.2 Å². The van der Waals surface area contributed by atoms with E-state index in [2.05, 4.69) is 9.71 Å². The zero-order valence-corrected chi connectivity index (χ0v) is 13.5. The van der Waals surface area contributed by atoms with Crippen molar-refractivity contribution < 1.29 is 8.42 Å². The van der Waals surface area contributed by atoms with Crippen molar-refractivity contribution in [2.24, 2.45) is 0 Å². The lowest BCUT2D eigenvalue weighted by molar-refractivity contribution is 0.601. The van der Waals surface area contributed by atoms with Gasteiger partial charge in [-0.15, -0.1) is 0 Å². The lowest BCUT2D eigenvalue weighted by Crippen LogP contribution is -2.15. The number of sulfonamides is 1. The van der Waals surface area contributed by atoms with Gasteiger partial charge in [0.2, 0.25) is 0 Å². The second-order valence-electron chi connectivity index (χ2n) is 4.82. The average Bonchev–Trinajstić information content (AvgIpc) is 2.40. The number of pyridine rings is 1. The molecule has 0 unspecified atom stereocenters. The third kappa shape index (κ3) is 3.65. The van der Waals surface area contributed by atoms with Gasteiger partial charge in [0.05, 0.1) is 10.6 Å². The van der Waals surface area contributed by atoms with Crippen LogP contribution in [0, 0.1) is 6.92 Å². The predicted molar refractivity (Wildman–Crippen MR) is 85.6 cm³/mol. The molecule has 0 aliphatic carbocycles. The van der Waals surface area contributed by atoms with Crippen LogP contribution in [0.1, 0.15) is 5.56 Å². The predicted octanol–water partition coefficient (Wildman–Crippen LogP) is 2.91. The number of benzene rings is 1. The largest absolute Gasteiger partial charge is 0.377 e. The number of aromatic nitrogens is 1. The van der Waals surface area contributed by atoms with Crippen LogP contribution in [-0.4, -0.2) is 27.5 Å². The summed E-state index contributed by atoms with van der Waals surface area (Å²) in [5, 5.41) is 0.135. The first kappa shape index (κ1) is 15.6. The van der Waals surface area contributed by atoms with Gasteiger partial charge in [-0.25, -0.2) is 13.4 Å². The molecule has 112 valence electrons. The molecule has 5 nitrogen and oxygen atoms in total. The van der Waals surface area contributed by atoms with Crippen LogP contribution in [0.25, 0.3) is 0 Å². The monoisotopic (exact) mass is 325 g/mol. The number of nitrogens with one attached hydrogen (secondary N) is 1. The van der Waals surface area contributed by atoms with Crippen LogP contribution in [0.15, 0.2) is 41.4 Å². The highest BCUT2D eigenvalue weighted by Crippen LogP contribution is 2.24. The fraction of sp³-hybridized carbons (Fsp3) is 0.214. The Kier molecular flexibility index (Phi) is 4.39. The van der Waals surface area contributed by atoms with Crippen molar-refractivity contribution >= 4 is 33.0 Å². The Labute approximate surface area is 129 Å². The molecule has 0 saturated carbocycles. The van der Waals surface area contributed by atoms with Crippen LogP contribution in [0.3, 0.4) is 0 Å². The molecular formula is C14H16ClN3O2S. The van der Waals surface area contributed by atoms with E-state index in [1.54, 1.807) is 12.1 Å². The van der Waals surface area contributed by atoms with Gasteiger partial charge in [-0.1, -0.05) is 17.7 Å². The van der Waals surface area contributed by atoms with Gasteiger partial charge in [-0.3, -0.25) is 4.72 Å². The van der Waals surface area contributed by atoms with Gasteiger partial charge in [0.25, 0.3) is 10.0 Å². The Hall–Kier alpha value is -1.79. The summed E-state index contributed by atoms with van der Waals surface area (Å²) in [7, 11) is 0.128. The summed E-state index contributed by atoms with van der Waals surface area (Å²) in [4.78, 5) is 5.78. The zero-order chi connectivity index (χ0) is 15.6. The Morgan fingerprint density at radius 2 is 1.90 bits per heavy atom. The van der Waals surface area contributed by atoms with Crippen LogP contribution in [-0.2, 0) is 10.0 Å². The van der Waals surface area contributed by atoms with E-state index in [0.717, 1.165) is 11.3 Å². The first-order valence-electron chi connectivity index (χ1n) is 6.22. The molecule has 1 N–H and O–H groups in total. The highest BCUT2D eigenvalue weighted by Gasteiger charge is 2.15. The van der Waals surface area contributed by atoms with Crippen molar-refractivity contribution in [3.63, 3.8) is 0 Å². The normalized spacial score (nSPS) is 11.2. The van der Waals surface area contributed by atoms with Crippen LogP contribution in [0.5, 0.6) is 0 Å². The molecule has 0 atom stereocenters. The second kappa shape index (κ2) is 5.91. The van der Waals surface area contributed by atoms with E-state index in [9.17, 15) is 8.42 Å². The average molecular weight is 326 g/mol. The second-order valence-corrected chi connectivity index (χ2v) is 6.89. The fourth-order valence-electron chi connectivity index (χ4n) is 1.92. The minimum Gasteiger partial charge on any atom is -0.377 e. The van der Waals surface area contributed by atoms with Crippen LogP contribution >= 0.6 is 11.6 Å². The maximum Gasteiger partial charge on any atom is 0.262 e. The molecule has 0 amide bonds. The number of nitrogens with zero attached hydrogens (tertiary/aromatic N) is 2. The molecule has 0 radical (unpaired) electrons. The molecule has 21 heavy (non-hydrogen) atoms. The van der Waals surface area contributed by atoms with Gasteiger partial charge >= 0.3 is 0 Å². The Balaban J connectivity index is 2.35. The van der Waals surface area contributed by atoms with Crippen LogP contribution in [0.2, 0.25) is 5.15 Å². The molecule has 1 aromatic carbocycles. The third-order valence-corrected chi connectivity index (χ3v) is 4.54. The third-order valence-electron chi connectivity index (χ3n) is 2.95. The summed E-state index contributed by atoms with van der Waals surface area (Å²) < 4.78 is 27.2. The van der Waals surface area contributed by atoms with E-state index < -0.39 is 10.0 Å². The molecule has 0 spiro atoms. The molecule has 0 aliphatic rings. The molecule has 7 heteroatoms. The van der Waals surface area contributed by atoms with E-state index in [1.807, 2.05) is 32.0 Å². The first-order chi connectivity index (χ1) is 9.79. The Morgan fingerprint density at radius 3 is 2.52 bits per heavy atom.